The molecular formula is C15H19N3O3. The summed E-state index contributed by atoms with van der Waals surface area (Å²) in [6.07, 6.45) is 4.03. The minimum absolute atomic E-state index is 0.0747. The molecule has 1 aromatic rings. The average molecular weight is 289 g/mol. The van der Waals surface area contributed by atoms with Gasteiger partial charge in [0.15, 0.2) is 0 Å². The van der Waals surface area contributed by atoms with E-state index < -0.39 is 11.4 Å². The predicted octanol–water partition coefficient (Wildman–Crippen LogP) is 1.42. The highest BCUT2D eigenvalue weighted by Gasteiger charge is 2.55. The molecule has 2 fully saturated rings. The lowest BCUT2D eigenvalue weighted by atomic mass is 9.81. The Morgan fingerprint density at radius 3 is 2.81 bits per heavy atom. The summed E-state index contributed by atoms with van der Waals surface area (Å²) < 4.78 is 0. The fraction of sp³-hybridized carbons (Fsp3) is 0.600. The summed E-state index contributed by atoms with van der Waals surface area (Å²) in [6, 6.07) is 0. The number of aromatic nitrogens is 2. The second-order valence-corrected chi connectivity index (χ2v) is 6.15. The Kier molecular flexibility index (Phi) is 3.19. The monoisotopic (exact) mass is 289 g/mol. The first-order valence-electron chi connectivity index (χ1n) is 7.27. The van der Waals surface area contributed by atoms with Crippen LogP contribution >= 0.6 is 0 Å². The Morgan fingerprint density at radius 1 is 1.43 bits per heavy atom. The maximum Gasteiger partial charge on any atom is 0.311 e. The lowest BCUT2D eigenvalue weighted by Crippen LogP contribution is -2.37. The van der Waals surface area contributed by atoms with Crippen LogP contribution in [-0.4, -0.2) is 44.9 Å². The standard InChI is InChI=1S/C15H19N3O3/c1-9-12(6-16-10(2)17-9)13(19)18-7-11-4-3-5-15(11,8-18)14(20)21/h6,11H,3-5,7-8H2,1-2H3,(H,20,21)/t11-,15+/m0/s1. The van der Waals surface area contributed by atoms with E-state index in [2.05, 4.69) is 9.97 Å². The highest BCUT2D eigenvalue weighted by molar-refractivity contribution is 5.95. The maximum absolute atomic E-state index is 12.6. The molecule has 6 heteroatoms. The number of hydrogen-bond donors (Lipinski definition) is 1. The van der Waals surface area contributed by atoms with Crippen LogP contribution in [-0.2, 0) is 4.79 Å². The summed E-state index contributed by atoms with van der Waals surface area (Å²) >= 11 is 0. The number of carbonyl (C=O) groups excluding carboxylic acids is 1. The number of nitrogens with zero attached hydrogens (tertiary/aromatic N) is 3. The molecule has 1 saturated carbocycles. The van der Waals surface area contributed by atoms with E-state index in [9.17, 15) is 14.7 Å². The van der Waals surface area contributed by atoms with E-state index in [1.807, 2.05) is 0 Å². The molecule has 0 spiro atoms. The van der Waals surface area contributed by atoms with Gasteiger partial charge in [0, 0.05) is 19.3 Å². The number of hydrogen-bond acceptors (Lipinski definition) is 4. The molecule has 1 amide bonds. The molecule has 21 heavy (non-hydrogen) atoms. The van der Waals surface area contributed by atoms with Gasteiger partial charge in [0.1, 0.15) is 5.82 Å². The Bertz CT molecular complexity index is 616. The number of aryl methyl sites for hydroxylation is 2. The molecule has 2 heterocycles. The van der Waals surface area contributed by atoms with Crippen molar-refractivity contribution in [2.45, 2.75) is 33.1 Å². The Morgan fingerprint density at radius 2 is 2.19 bits per heavy atom. The van der Waals surface area contributed by atoms with Gasteiger partial charge in [0.2, 0.25) is 0 Å². The van der Waals surface area contributed by atoms with Crippen molar-refractivity contribution in [2.75, 3.05) is 13.1 Å². The lowest BCUT2D eigenvalue weighted by Gasteiger charge is -2.23. The Balaban J connectivity index is 1.86. The van der Waals surface area contributed by atoms with Gasteiger partial charge < -0.3 is 10.0 Å². The van der Waals surface area contributed by atoms with Crippen LogP contribution < -0.4 is 0 Å². The lowest BCUT2D eigenvalue weighted by molar-refractivity contribution is -0.149. The SMILES string of the molecule is Cc1ncc(C(=O)N2C[C@@H]3CCC[C@@]3(C(=O)O)C2)c(C)n1. The second-order valence-electron chi connectivity index (χ2n) is 6.15. The molecule has 1 saturated heterocycles. The summed E-state index contributed by atoms with van der Waals surface area (Å²) in [4.78, 5) is 34.3. The van der Waals surface area contributed by atoms with Crippen LogP contribution in [0.5, 0.6) is 0 Å². The first-order valence-corrected chi connectivity index (χ1v) is 7.27. The number of carboxylic acids is 1. The highest BCUT2D eigenvalue weighted by atomic mass is 16.4. The first-order chi connectivity index (χ1) is 9.94. The highest BCUT2D eigenvalue weighted by Crippen LogP contribution is 2.49. The van der Waals surface area contributed by atoms with Crippen LogP contribution in [0.15, 0.2) is 6.20 Å². The molecule has 3 rings (SSSR count). The van der Waals surface area contributed by atoms with Crippen LogP contribution in [0.1, 0.15) is 41.1 Å². The van der Waals surface area contributed by atoms with E-state index >= 15 is 0 Å². The molecule has 0 unspecified atom stereocenters. The zero-order valence-electron chi connectivity index (χ0n) is 12.3. The molecular weight excluding hydrogens is 270 g/mol. The van der Waals surface area contributed by atoms with E-state index in [0.29, 0.717) is 36.6 Å². The van der Waals surface area contributed by atoms with E-state index in [0.717, 1.165) is 12.8 Å². The van der Waals surface area contributed by atoms with Crippen LogP contribution in [0.4, 0.5) is 0 Å². The van der Waals surface area contributed by atoms with E-state index in [1.165, 1.54) is 0 Å². The number of amides is 1. The van der Waals surface area contributed by atoms with E-state index in [1.54, 1.807) is 24.9 Å². The number of aliphatic carboxylic acids is 1. The number of rotatable bonds is 2. The zero-order valence-corrected chi connectivity index (χ0v) is 12.3. The molecule has 1 aromatic heterocycles. The molecule has 0 bridgehead atoms. The van der Waals surface area contributed by atoms with E-state index in [4.69, 9.17) is 0 Å². The quantitative estimate of drug-likeness (QED) is 0.890. The molecule has 1 aliphatic carbocycles. The van der Waals surface area contributed by atoms with Crippen molar-refractivity contribution in [2.24, 2.45) is 11.3 Å². The van der Waals surface area contributed by atoms with Crippen molar-refractivity contribution in [3.8, 4) is 0 Å². The van der Waals surface area contributed by atoms with E-state index in [-0.39, 0.29) is 11.8 Å². The molecule has 6 nitrogen and oxygen atoms in total. The third-order valence-corrected chi connectivity index (χ3v) is 4.91. The van der Waals surface area contributed by atoms with Gasteiger partial charge in [-0.15, -0.1) is 0 Å². The van der Waals surface area contributed by atoms with Gasteiger partial charge in [-0.3, -0.25) is 9.59 Å². The fourth-order valence-electron chi connectivity index (χ4n) is 3.76. The fourth-order valence-corrected chi connectivity index (χ4v) is 3.76. The van der Waals surface area contributed by atoms with Crippen LogP contribution in [0.25, 0.3) is 0 Å². The van der Waals surface area contributed by atoms with Gasteiger partial charge in [0.05, 0.1) is 16.7 Å². The number of fused-ring (bicyclic) bond motifs is 1. The predicted molar refractivity (Wildman–Crippen MR) is 74.8 cm³/mol. The van der Waals surface area contributed by atoms with Crippen LogP contribution in [0.3, 0.4) is 0 Å². The summed E-state index contributed by atoms with van der Waals surface area (Å²) in [6.45, 7) is 4.39. The molecule has 1 N–H and O–H groups in total. The normalized spacial score (nSPS) is 27.7. The van der Waals surface area contributed by atoms with Crippen molar-refractivity contribution in [1.29, 1.82) is 0 Å². The summed E-state index contributed by atoms with van der Waals surface area (Å²) in [5.41, 5.74) is 0.379. The molecule has 2 atom stereocenters. The molecule has 112 valence electrons. The van der Waals surface area contributed by atoms with Gasteiger partial charge in [-0.1, -0.05) is 6.42 Å². The third-order valence-electron chi connectivity index (χ3n) is 4.91. The second kappa shape index (κ2) is 4.79. The maximum atomic E-state index is 12.6. The van der Waals surface area contributed by atoms with Crippen molar-refractivity contribution in [1.82, 2.24) is 14.9 Å². The van der Waals surface area contributed by atoms with Gasteiger partial charge >= 0.3 is 5.97 Å². The number of carbonyl (C=O) groups is 2. The molecule has 2 aliphatic rings. The zero-order chi connectivity index (χ0) is 15.2. The van der Waals surface area contributed by atoms with Crippen LogP contribution in [0, 0.1) is 25.2 Å². The summed E-state index contributed by atoms with van der Waals surface area (Å²) in [7, 11) is 0. The average Bonchev–Trinajstić information content (AvgIpc) is 2.95. The largest absolute Gasteiger partial charge is 0.481 e. The molecule has 0 radical (unpaired) electrons. The minimum Gasteiger partial charge on any atom is -0.481 e. The smallest absolute Gasteiger partial charge is 0.311 e. The molecule has 0 aromatic carbocycles. The number of carboxylic acid groups (broad SMARTS) is 1. The number of likely N-dealkylation sites (tertiary alicyclic amines) is 1. The topological polar surface area (TPSA) is 83.4 Å². The van der Waals surface area contributed by atoms with Gasteiger partial charge in [-0.05, 0) is 32.6 Å². The van der Waals surface area contributed by atoms with Crippen molar-refractivity contribution in [3.05, 3.63) is 23.3 Å². The third kappa shape index (κ3) is 2.09. The summed E-state index contributed by atoms with van der Waals surface area (Å²) in [5.74, 6) is -0.213. The van der Waals surface area contributed by atoms with Crippen molar-refractivity contribution >= 4 is 11.9 Å². The van der Waals surface area contributed by atoms with Gasteiger partial charge in [0.25, 0.3) is 5.91 Å². The summed E-state index contributed by atoms with van der Waals surface area (Å²) in [5, 5.41) is 9.57. The Labute approximate surface area is 123 Å². The first kappa shape index (κ1) is 14.0. The minimum atomic E-state index is -0.767. The van der Waals surface area contributed by atoms with Crippen molar-refractivity contribution < 1.29 is 14.7 Å². The molecule has 1 aliphatic heterocycles. The van der Waals surface area contributed by atoms with Crippen LogP contribution in [0.2, 0.25) is 0 Å². The van der Waals surface area contributed by atoms with Gasteiger partial charge in [-0.2, -0.15) is 0 Å². The van der Waals surface area contributed by atoms with Crippen molar-refractivity contribution in [3.63, 3.8) is 0 Å². The Hall–Kier alpha value is -1.98. The van der Waals surface area contributed by atoms with Gasteiger partial charge in [-0.25, -0.2) is 9.97 Å².